The Labute approximate surface area is 127 Å². The second-order valence-electron chi connectivity index (χ2n) is 4.95. The monoisotopic (exact) mass is 359 g/mol. The van der Waals surface area contributed by atoms with Gasteiger partial charge in [0.15, 0.2) is 0 Å². The van der Waals surface area contributed by atoms with Gasteiger partial charge in [-0.25, -0.2) is 0 Å². The molecule has 0 aliphatic rings. The van der Waals surface area contributed by atoms with Crippen LogP contribution in [0.3, 0.4) is 0 Å². The van der Waals surface area contributed by atoms with E-state index in [4.69, 9.17) is 4.84 Å². The van der Waals surface area contributed by atoms with Crippen LogP contribution in [0.15, 0.2) is 24.3 Å². The van der Waals surface area contributed by atoms with Gasteiger partial charge in [0.05, 0.1) is 0 Å². The predicted molar refractivity (Wildman–Crippen MR) is 76.1 cm³/mol. The summed E-state index contributed by atoms with van der Waals surface area (Å²) in [5.41, 5.74) is 0.593. The SMILES string of the molecule is CC/[N+](=C(/On1nnc2ccccc21)N(C)C)[P-](F)(F)(F)(F)F. The topological polar surface area (TPSA) is 46.2 Å². The van der Waals surface area contributed by atoms with Gasteiger partial charge in [-0.3, -0.25) is 0 Å². The second-order valence-corrected chi connectivity index (χ2v) is 7.47. The first-order chi connectivity index (χ1) is 10.3. The molecule has 1 heterocycles. The zero-order chi connectivity index (χ0) is 17.5. The van der Waals surface area contributed by atoms with Crippen molar-refractivity contribution < 1.29 is 30.2 Å². The molecule has 2 rings (SSSR count). The minimum absolute atomic E-state index is 0.243. The van der Waals surface area contributed by atoms with Crippen LogP contribution in [0, 0.1) is 0 Å². The number of nitrogens with zero attached hydrogens (tertiary/aromatic N) is 5. The molecule has 1 aromatic heterocycles. The van der Waals surface area contributed by atoms with Gasteiger partial charge < -0.3 is 0 Å². The number of rotatable bonds is 3. The normalized spacial score (nSPS) is 16.5. The summed E-state index contributed by atoms with van der Waals surface area (Å²) in [5.74, 6) is 0. The van der Waals surface area contributed by atoms with Crippen molar-refractivity contribution in [2.45, 2.75) is 6.92 Å². The van der Waals surface area contributed by atoms with Crippen LogP contribution in [0.25, 0.3) is 11.0 Å². The first kappa shape index (κ1) is 17.3. The molecule has 0 aliphatic carbocycles. The van der Waals surface area contributed by atoms with E-state index in [0.29, 0.717) is 10.4 Å². The third-order valence-electron chi connectivity index (χ3n) is 2.85. The number of amidine groups is 1. The third-order valence-corrected chi connectivity index (χ3v) is 4.22. The fourth-order valence-electron chi connectivity index (χ4n) is 1.92. The van der Waals surface area contributed by atoms with E-state index >= 15 is 0 Å². The predicted octanol–water partition coefficient (Wildman–Crippen LogP) is 3.24. The van der Waals surface area contributed by atoms with Crippen molar-refractivity contribution >= 4 is 24.7 Å². The summed E-state index contributed by atoms with van der Waals surface area (Å²) in [4.78, 5) is 6.45. The maximum absolute atomic E-state index is 13.2. The number of hydrogen-bond donors (Lipinski definition) is 0. The Morgan fingerprint density at radius 1 is 1.22 bits per heavy atom. The molecule has 0 aliphatic heterocycles. The Morgan fingerprint density at radius 2 is 1.83 bits per heavy atom. The Hall–Kier alpha value is -2.03. The van der Waals surface area contributed by atoms with E-state index in [1.165, 1.54) is 6.07 Å². The number of fused-ring (bicyclic) bond motifs is 1. The molecule has 0 saturated heterocycles. The van der Waals surface area contributed by atoms with Gasteiger partial charge in [0.1, 0.15) is 0 Å². The van der Waals surface area contributed by atoms with Gasteiger partial charge in [-0.2, -0.15) is 0 Å². The molecule has 0 spiro atoms. The molecule has 0 fully saturated rings. The molecule has 0 saturated carbocycles. The Balaban J connectivity index is 2.62. The van der Waals surface area contributed by atoms with E-state index in [0.717, 1.165) is 25.9 Å². The molecule has 0 bridgehead atoms. The molecule has 0 radical (unpaired) electrons. The van der Waals surface area contributed by atoms with Crippen LogP contribution >= 0.6 is 7.65 Å². The number of benzene rings is 1. The molecule has 130 valence electrons. The second kappa shape index (κ2) is 4.73. The van der Waals surface area contributed by atoms with Crippen LogP contribution in [-0.4, -0.2) is 51.1 Å². The quantitative estimate of drug-likeness (QED) is 0.365. The van der Waals surface area contributed by atoms with E-state index in [1.54, 1.807) is 18.2 Å². The molecule has 0 atom stereocenters. The van der Waals surface area contributed by atoms with Crippen molar-refractivity contribution in [3.05, 3.63) is 24.3 Å². The zero-order valence-electron chi connectivity index (χ0n) is 12.5. The first-order valence-corrected chi connectivity index (χ1v) is 8.56. The summed E-state index contributed by atoms with van der Waals surface area (Å²) in [7, 11) is -7.89. The zero-order valence-corrected chi connectivity index (χ0v) is 13.4. The molecule has 0 amide bonds. The van der Waals surface area contributed by atoms with Gasteiger partial charge in [-0.05, 0) is 0 Å². The Kier molecular flexibility index (Phi) is 3.56. The summed E-state index contributed by atoms with van der Waals surface area (Å²) < 4.78 is 65.1. The van der Waals surface area contributed by atoms with Crippen LogP contribution in [0.4, 0.5) is 21.0 Å². The van der Waals surface area contributed by atoms with Crippen molar-refractivity contribution in [3.8, 4) is 0 Å². The molecule has 0 unspecified atom stereocenters. The van der Waals surface area contributed by atoms with Crippen molar-refractivity contribution in [2.24, 2.45) is 0 Å². The molecule has 0 N–H and O–H groups in total. The van der Waals surface area contributed by atoms with Crippen LogP contribution in [0.2, 0.25) is 0 Å². The number of aromatic nitrogens is 3. The number of para-hydroxylation sites is 1. The van der Waals surface area contributed by atoms with Gasteiger partial charge in [0.2, 0.25) is 0 Å². The van der Waals surface area contributed by atoms with Crippen LogP contribution in [-0.2, 0) is 0 Å². The first-order valence-electron chi connectivity index (χ1n) is 6.47. The van der Waals surface area contributed by atoms with E-state index in [2.05, 4.69) is 10.3 Å². The third kappa shape index (κ3) is 3.66. The summed E-state index contributed by atoms with van der Waals surface area (Å²) >= 11 is 0. The summed E-state index contributed by atoms with van der Waals surface area (Å²) in [5, 5.41) is 7.23. The molecular formula is C11H15F5N5OP. The molecular weight excluding hydrogens is 344 g/mol. The van der Waals surface area contributed by atoms with Gasteiger partial charge in [-0.1, -0.05) is 0 Å². The molecule has 2 aromatic rings. The molecule has 1 aromatic carbocycles. The van der Waals surface area contributed by atoms with E-state index in [9.17, 15) is 21.0 Å². The van der Waals surface area contributed by atoms with Crippen molar-refractivity contribution in [2.75, 3.05) is 20.6 Å². The van der Waals surface area contributed by atoms with Crippen molar-refractivity contribution in [1.29, 1.82) is 0 Å². The molecule has 12 heteroatoms. The van der Waals surface area contributed by atoms with Crippen LogP contribution in [0.1, 0.15) is 6.92 Å². The number of hydrogen-bond acceptors (Lipinski definition) is 3. The number of halogens is 5. The van der Waals surface area contributed by atoms with Gasteiger partial charge >= 0.3 is 127 Å². The summed E-state index contributed by atoms with van der Waals surface area (Å²) in [6.07, 6.45) is 0. The van der Waals surface area contributed by atoms with E-state index < -0.39 is 24.6 Å². The average molecular weight is 359 g/mol. The van der Waals surface area contributed by atoms with Gasteiger partial charge in [0.25, 0.3) is 0 Å². The summed E-state index contributed by atoms with van der Waals surface area (Å²) in [6, 6.07) is 5.17. The summed E-state index contributed by atoms with van der Waals surface area (Å²) in [6.45, 7) is -0.0681. The Morgan fingerprint density at radius 3 is 2.35 bits per heavy atom. The van der Waals surface area contributed by atoms with Crippen molar-refractivity contribution in [1.82, 2.24) is 20.1 Å². The standard InChI is InChI=1S/C11H15F5N5OP/c1-4-20(23(12,13,14,15)16)11(19(2)3)22-21-10-8-6-5-7-9(10)17-18-21/h5-8H,4H2,1-3H3/b20-11-. The van der Waals surface area contributed by atoms with Gasteiger partial charge in [0, 0.05) is 0 Å². The Bertz CT molecular complexity index is 770. The molecule has 23 heavy (non-hydrogen) atoms. The average Bonchev–Trinajstić information content (AvgIpc) is 2.78. The van der Waals surface area contributed by atoms with Gasteiger partial charge in [-0.15, -0.1) is 0 Å². The minimum atomic E-state index is -10.2. The molecule has 6 nitrogen and oxygen atoms in total. The van der Waals surface area contributed by atoms with E-state index in [1.807, 2.05) is 0 Å². The fourth-order valence-corrected chi connectivity index (χ4v) is 2.99. The van der Waals surface area contributed by atoms with Crippen LogP contribution < -0.4 is 4.84 Å². The fraction of sp³-hybridized carbons (Fsp3) is 0.364. The van der Waals surface area contributed by atoms with Crippen LogP contribution in [0.5, 0.6) is 0 Å². The van der Waals surface area contributed by atoms with E-state index in [-0.39, 0.29) is 5.52 Å². The van der Waals surface area contributed by atoms with Crippen molar-refractivity contribution in [3.63, 3.8) is 0 Å². The maximum atomic E-state index is 13.2.